The first-order valence-electron chi connectivity index (χ1n) is 5.63. The van der Waals surface area contributed by atoms with Crippen LogP contribution in [0.5, 0.6) is 0 Å². The minimum Gasteiger partial charge on any atom is -0.481 e. The van der Waals surface area contributed by atoms with Crippen LogP contribution in [0.25, 0.3) is 0 Å². The fourth-order valence-electron chi connectivity index (χ4n) is 1.98. The van der Waals surface area contributed by atoms with E-state index in [1.54, 1.807) is 0 Å². The fourth-order valence-corrected chi connectivity index (χ4v) is 1.98. The van der Waals surface area contributed by atoms with E-state index in [4.69, 9.17) is 9.84 Å². The highest BCUT2D eigenvalue weighted by molar-refractivity contribution is 5.67. The van der Waals surface area contributed by atoms with E-state index in [0.717, 1.165) is 19.3 Å². The molecule has 1 rings (SSSR count). The highest BCUT2D eigenvalue weighted by Crippen LogP contribution is 2.23. The van der Waals surface area contributed by atoms with Crippen molar-refractivity contribution < 1.29 is 19.4 Å². The van der Waals surface area contributed by atoms with Crippen LogP contribution in [0.3, 0.4) is 0 Å². The third-order valence-corrected chi connectivity index (χ3v) is 2.73. The number of aliphatic carboxylic acids is 1. The van der Waals surface area contributed by atoms with Gasteiger partial charge in [0, 0.05) is 13.3 Å². The number of carbonyl (C=O) groups excluding carboxylic acids is 1. The molecule has 0 heterocycles. The lowest BCUT2D eigenvalue weighted by Gasteiger charge is -2.20. The van der Waals surface area contributed by atoms with Crippen LogP contribution in [0.15, 0.2) is 12.2 Å². The molecule has 4 heteroatoms. The molecule has 0 aromatic rings. The van der Waals surface area contributed by atoms with Crippen molar-refractivity contribution in [3.63, 3.8) is 0 Å². The monoisotopic (exact) mass is 226 g/mol. The zero-order chi connectivity index (χ0) is 12.0. The quantitative estimate of drug-likeness (QED) is 0.591. The van der Waals surface area contributed by atoms with Gasteiger partial charge in [-0.3, -0.25) is 9.59 Å². The van der Waals surface area contributed by atoms with Crippen molar-refractivity contribution in [1.29, 1.82) is 0 Å². The van der Waals surface area contributed by atoms with E-state index in [9.17, 15) is 9.59 Å². The van der Waals surface area contributed by atoms with Crippen LogP contribution in [0, 0.1) is 5.92 Å². The Morgan fingerprint density at radius 1 is 1.38 bits per heavy atom. The molecule has 16 heavy (non-hydrogen) atoms. The summed E-state index contributed by atoms with van der Waals surface area (Å²) >= 11 is 0. The number of carboxylic acids is 1. The van der Waals surface area contributed by atoms with Crippen molar-refractivity contribution >= 4 is 11.9 Å². The Bertz CT molecular complexity index is 283. The Hall–Kier alpha value is -1.32. The van der Waals surface area contributed by atoms with E-state index in [-0.39, 0.29) is 24.4 Å². The molecule has 1 N–H and O–H groups in total. The average Bonchev–Trinajstić information content (AvgIpc) is 2.14. The highest BCUT2D eigenvalue weighted by Gasteiger charge is 2.18. The Morgan fingerprint density at radius 3 is 2.75 bits per heavy atom. The molecule has 0 saturated heterocycles. The fraction of sp³-hybridized carbons (Fsp3) is 0.667. The van der Waals surface area contributed by atoms with E-state index in [1.807, 2.05) is 12.2 Å². The summed E-state index contributed by atoms with van der Waals surface area (Å²) in [6.07, 6.45) is 7.17. The van der Waals surface area contributed by atoms with Gasteiger partial charge in [-0.05, 0) is 37.7 Å². The molecule has 0 radical (unpaired) electrons. The lowest BCUT2D eigenvalue weighted by Crippen LogP contribution is -2.18. The summed E-state index contributed by atoms with van der Waals surface area (Å²) in [5.41, 5.74) is 0. The smallest absolute Gasteiger partial charge is 0.303 e. The maximum absolute atomic E-state index is 10.8. The SMILES string of the molecule is CC(=O)O[C@@H]1/C=C\CC[C@H](CC(=O)O)CC1. The summed E-state index contributed by atoms with van der Waals surface area (Å²) in [6.45, 7) is 1.39. The minimum absolute atomic E-state index is 0.186. The molecule has 2 atom stereocenters. The number of carboxylic acid groups (broad SMARTS) is 1. The molecule has 0 saturated carbocycles. The molecule has 0 fully saturated rings. The van der Waals surface area contributed by atoms with E-state index >= 15 is 0 Å². The van der Waals surface area contributed by atoms with Crippen molar-refractivity contribution in [2.24, 2.45) is 5.92 Å². The standard InChI is InChI=1S/C12H18O4/c1-9(13)16-11-5-3-2-4-10(6-7-11)8-12(14)15/h3,5,10-11H,2,4,6-8H2,1H3,(H,14,15)/b5-3-/t10-,11+/m0/s1. The second-order valence-electron chi connectivity index (χ2n) is 4.19. The van der Waals surface area contributed by atoms with Crippen LogP contribution < -0.4 is 0 Å². The van der Waals surface area contributed by atoms with Crippen molar-refractivity contribution in [2.75, 3.05) is 0 Å². The number of hydrogen-bond acceptors (Lipinski definition) is 3. The first kappa shape index (κ1) is 12.7. The van der Waals surface area contributed by atoms with Gasteiger partial charge in [0.2, 0.25) is 0 Å². The molecule has 0 amide bonds. The Kier molecular flexibility index (Phi) is 5.02. The predicted molar refractivity (Wildman–Crippen MR) is 58.9 cm³/mol. The number of allylic oxidation sites excluding steroid dienone is 1. The molecule has 1 aliphatic rings. The average molecular weight is 226 g/mol. The van der Waals surface area contributed by atoms with E-state index < -0.39 is 5.97 Å². The van der Waals surface area contributed by atoms with Gasteiger partial charge in [0.05, 0.1) is 0 Å². The van der Waals surface area contributed by atoms with Gasteiger partial charge in [0.15, 0.2) is 0 Å². The van der Waals surface area contributed by atoms with E-state index in [0.29, 0.717) is 6.42 Å². The van der Waals surface area contributed by atoms with E-state index in [2.05, 4.69) is 0 Å². The van der Waals surface area contributed by atoms with Crippen molar-refractivity contribution in [3.05, 3.63) is 12.2 Å². The molecule has 0 aliphatic heterocycles. The predicted octanol–water partition coefficient (Wildman–Crippen LogP) is 2.14. The minimum atomic E-state index is -0.751. The van der Waals surface area contributed by atoms with Crippen LogP contribution in [0.4, 0.5) is 0 Å². The van der Waals surface area contributed by atoms with Crippen LogP contribution in [0.2, 0.25) is 0 Å². The van der Waals surface area contributed by atoms with E-state index in [1.165, 1.54) is 6.92 Å². The molecule has 0 unspecified atom stereocenters. The van der Waals surface area contributed by atoms with Gasteiger partial charge in [-0.1, -0.05) is 6.08 Å². The number of rotatable bonds is 3. The summed E-state index contributed by atoms with van der Waals surface area (Å²) < 4.78 is 5.11. The molecule has 4 nitrogen and oxygen atoms in total. The first-order chi connectivity index (χ1) is 7.58. The molecule has 0 aromatic carbocycles. The Morgan fingerprint density at radius 2 is 2.12 bits per heavy atom. The summed E-state index contributed by atoms with van der Waals surface area (Å²) in [5.74, 6) is -0.843. The lowest BCUT2D eigenvalue weighted by molar-refractivity contribution is -0.145. The van der Waals surface area contributed by atoms with Gasteiger partial charge in [0.1, 0.15) is 6.10 Å². The zero-order valence-corrected chi connectivity index (χ0v) is 9.52. The largest absolute Gasteiger partial charge is 0.481 e. The van der Waals surface area contributed by atoms with Crippen LogP contribution >= 0.6 is 0 Å². The lowest BCUT2D eigenvalue weighted by atomic mass is 9.90. The number of hydrogen-bond donors (Lipinski definition) is 1. The zero-order valence-electron chi connectivity index (χ0n) is 9.52. The van der Waals surface area contributed by atoms with Crippen LogP contribution in [0.1, 0.15) is 39.0 Å². The molecule has 0 bridgehead atoms. The summed E-state index contributed by atoms with van der Waals surface area (Å²) in [5, 5.41) is 8.74. The summed E-state index contributed by atoms with van der Waals surface area (Å²) in [6, 6.07) is 0. The third-order valence-electron chi connectivity index (χ3n) is 2.73. The van der Waals surface area contributed by atoms with Gasteiger partial charge in [0.25, 0.3) is 0 Å². The topological polar surface area (TPSA) is 63.6 Å². The second-order valence-corrected chi connectivity index (χ2v) is 4.19. The molecule has 0 aromatic heterocycles. The Labute approximate surface area is 95.3 Å². The van der Waals surface area contributed by atoms with Crippen LogP contribution in [-0.2, 0) is 14.3 Å². The number of carbonyl (C=O) groups is 2. The van der Waals surface area contributed by atoms with Gasteiger partial charge in [-0.2, -0.15) is 0 Å². The maximum Gasteiger partial charge on any atom is 0.303 e. The Balaban J connectivity index is 2.47. The molecule has 1 aliphatic carbocycles. The maximum atomic E-state index is 10.8. The van der Waals surface area contributed by atoms with Crippen molar-refractivity contribution in [2.45, 2.75) is 45.1 Å². The normalized spacial score (nSPS) is 27.6. The van der Waals surface area contributed by atoms with Gasteiger partial charge in [-0.15, -0.1) is 0 Å². The molecular formula is C12H18O4. The van der Waals surface area contributed by atoms with Crippen molar-refractivity contribution in [1.82, 2.24) is 0 Å². The number of ether oxygens (including phenoxy) is 1. The summed E-state index contributed by atoms with van der Waals surface area (Å²) in [4.78, 5) is 21.4. The molecule has 90 valence electrons. The van der Waals surface area contributed by atoms with Gasteiger partial charge >= 0.3 is 11.9 Å². The van der Waals surface area contributed by atoms with Gasteiger partial charge < -0.3 is 9.84 Å². The second kappa shape index (κ2) is 6.30. The molecule has 0 spiro atoms. The number of esters is 1. The summed E-state index contributed by atoms with van der Waals surface area (Å²) in [7, 11) is 0. The molecular weight excluding hydrogens is 208 g/mol. The first-order valence-corrected chi connectivity index (χ1v) is 5.63. The highest BCUT2D eigenvalue weighted by atomic mass is 16.5. The van der Waals surface area contributed by atoms with Crippen molar-refractivity contribution in [3.8, 4) is 0 Å². The third kappa shape index (κ3) is 4.96. The van der Waals surface area contributed by atoms with Crippen LogP contribution in [-0.4, -0.2) is 23.1 Å². The van der Waals surface area contributed by atoms with Gasteiger partial charge in [-0.25, -0.2) is 0 Å².